The van der Waals surface area contributed by atoms with Crippen LogP contribution in [-0.4, -0.2) is 24.0 Å². The van der Waals surface area contributed by atoms with Gasteiger partial charge in [0.2, 0.25) is 0 Å². The zero-order chi connectivity index (χ0) is 14.4. The molecule has 1 aliphatic heterocycles. The van der Waals surface area contributed by atoms with E-state index in [1.807, 2.05) is 0 Å². The van der Waals surface area contributed by atoms with Crippen molar-refractivity contribution in [1.29, 1.82) is 0 Å². The topological polar surface area (TPSA) is 15.3 Å². The van der Waals surface area contributed by atoms with Crippen molar-refractivity contribution in [3.63, 3.8) is 0 Å². The van der Waals surface area contributed by atoms with Gasteiger partial charge in [0.1, 0.15) is 0 Å². The van der Waals surface area contributed by atoms with Crippen LogP contribution < -0.4 is 5.32 Å². The molecule has 2 heteroatoms. The van der Waals surface area contributed by atoms with Gasteiger partial charge in [-0.3, -0.25) is 4.90 Å². The third-order valence-electron chi connectivity index (χ3n) is 4.12. The maximum Gasteiger partial charge on any atom is 0.0345 e. The smallest absolute Gasteiger partial charge is 0.0345 e. The van der Waals surface area contributed by atoms with Crippen LogP contribution in [-0.2, 0) is 6.54 Å². The van der Waals surface area contributed by atoms with Gasteiger partial charge in [-0.2, -0.15) is 0 Å². The van der Waals surface area contributed by atoms with Crippen LogP contribution in [0.2, 0.25) is 0 Å². The maximum atomic E-state index is 3.64. The number of hydrogen-bond donors (Lipinski definition) is 1. The Morgan fingerprint density at radius 2 is 1.85 bits per heavy atom. The number of rotatable bonds is 7. The Bertz CT molecular complexity index is 394. The van der Waals surface area contributed by atoms with Gasteiger partial charge in [-0.25, -0.2) is 0 Å². The minimum Gasteiger partial charge on any atom is -0.383 e. The third-order valence-corrected chi connectivity index (χ3v) is 4.12. The molecule has 2 nitrogen and oxygen atoms in total. The molecule has 1 N–H and O–H groups in total. The summed E-state index contributed by atoms with van der Waals surface area (Å²) in [6.07, 6.45) is 5.27. The van der Waals surface area contributed by atoms with Gasteiger partial charge in [0.15, 0.2) is 0 Å². The Labute approximate surface area is 124 Å². The molecule has 1 aliphatic rings. The van der Waals surface area contributed by atoms with Crippen molar-refractivity contribution in [1.82, 2.24) is 4.90 Å². The summed E-state index contributed by atoms with van der Waals surface area (Å²) in [5.74, 6) is 0.792. The quantitative estimate of drug-likeness (QED) is 0.786. The van der Waals surface area contributed by atoms with E-state index in [9.17, 15) is 0 Å². The van der Waals surface area contributed by atoms with Crippen molar-refractivity contribution >= 4 is 5.69 Å². The fraction of sp³-hybridized carbons (Fsp3) is 0.667. The fourth-order valence-electron chi connectivity index (χ4n) is 2.90. The van der Waals surface area contributed by atoms with Gasteiger partial charge in [-0.1, -0.05) is 26.0 Å². The molecule has 0 spiro atoms. The van der Waals surface area contributed by atoms with Crippen LogP contribution in [0.4, 0.5) is 5.69 Å². The summed E-state index contributed by atoms with van der Waals surface area (Å²) in [5.41, 5.74) is 2.71. The van der Waals surface area contributed by atoms with Gasteiger partial charge in [0.05, 0.1) is 0 Å². The van der Waals surface area contributed by atoms with E-state index >= 15 is 0 Å². The maximum absolute atomic E-state index is 3.64. The van der Waals surface area contributed by atoms with Crippen LogP contribution in [0.3, 0.4) is 0 Å². The average molecular weight is 274 g/mol. The first-order chi connectivity index (χ1) is 9.63. The highest BCUT2D eigenvalue weighted by Gasteiger charge is 2.12. The minimum absolute atomic E-state index is 0.555. The Morgan fingerprint density at radius 3 is 2.55 bits per heavy atom. The summed E-state index contributed by atoms with van der Waals surface area (Å²) in [5, 5.41) is 3.64. The lowest BCUT2D eigenvalue weighted by Gasteiger charge is -2.18. The highest BCUT2D eigenvalue weighted by Crippen LogP contribution is 2.18. The molecule has 112 valence electrons. The van der Waals surface area contributed by atoms with Gasteiger partial charge in [0, 0.05) is 18.3 Å². The predicted molar refractivity (Wildman–Crippen MR) is 88.1 cm³/mol. The zero-order valence-corrected chi connectivity index (χ0v) is 13.4. The van der Waals surface area contributed by atoms with Crippen LogP contribution >= 0.6 is 0 Å². The van der Waals surface area contributed by atoms with E-state index in [4.69, 9.17) is 0 Å². The molecule has 20 heavy (non-hydrogen) atoms. The molecule has 0 aromatic heterocycles. The fourth-order valence-corrected chi connectivity index (χ4v) is 2.90. The van der Waals surface area contributed by atoms with E-state index < -0.39 is 0 Å². The van der Waals surface area contributed by atoms with Crippen molar-refractivity contribution in [2.45, 2.75) is 59.0 Å². The van der Waals surface area contributed by atoms with Crippen molar-refractivity contribution < 1.29 is 0 Å². The van der Waals surface area contributed by atoms with E-state index in [0.29, 0.717) is 6.04 Å². The number of hydrogen-bond acceptors (Lipinski definition) is 2. The normalized spacial score (nSPS) is 17.6. The second-order valence-corrected chi connectivity index (χ2v) is 6.70. The summed E-state index contributed by atoms with van der Waals surface area (Å²) in [6, 6.07) is 9.51. The summed E-state index contributed by atoms with van der Waals surface area (Å²) in [6.45, 7) is 10.5. The first-order valence-electron chi connectivity index (χ1n) is 8.21. The van der Waals surface area contributed by atoms with Gasteiger partial charge in [-0.05, 0) is 69.3 Å². The van der Waals surface area contributed by atoms with Crippen LogP contribution in [0.5, 0.6) is 0 Å². The summed E-state index contributed by atoms with van der Waals surface area (Å²) in [4.78, 5) is 2.56. The van der Waals surface area contributed by atoms with E-state index in [2.05, 4.69) is 55.3 Å². The van der Waals surface area contributed by atoms with Crippen LogP contribution in [0.1, 0.15) is 52.0 Å². The van der Waals surface area contributed by atoms with Gasteiger partial charge >= 0.3 is 0 Å². The molecule has 0 amide bonds. The molecule has 1 heterocycles. The highest BCUT2D eigenvalue weighted by atomic mass is 15.1. The zero-order valence-electron chi connectivity index (χ0n) is 13.4. The minimum atomic E-state index is 0.555. The molecule has 1 saturated heterocycles. The summed E-state index contributed by atoms with van der Waals surface area (Å²) < 4.78 is 0. The van der Waals surface area contributed by atoms with Gasteiger partial charge in [0.25, 0.3) is 0 Å². The lowest BCUT2D eigenvalue weighted by molar-refractivity contribution is 0.331. The molecule has 1 atom stereocenters. The van der Waals surface area contributed by atoms with Crippen molar-refractivity contribution in [3.8, 4) is 0 Å². The van der Waals surface area contributed by atoms with E-state index in [0.717, 1.165) is 12.5 Å². The van der Waals surface area contributed by atoms with E-state index in [1.165, 1.54) is 50.0 Å². The van der Waals surface area contributed by atoms with Crippen molar-refractivity contribution in [3.05, 3.63) is 29.8 Å². The molecule has 0 bridgehead atoms. The largest absolute Gasteiger partial charge is 0.383 e. The van der Waals surface area contributed by atoms with Gasteiger partial charge in [-0.15, -0.1) is 0 Å². The van der Waals surface area contributed by atoms with Crippen LogP contribution in [0.15, 0.2) is 24.3 Å². The lowest BCUT2D eigenvalue weighted by atomic mass is 10.0. The Morgan fingerprint density at radius 1 is 1.10 bits per heavy atom. The monoisotopic (exact) mass is 274 g/mol. The Kier molecular flexibility index (Phi) is 5.90. The van der Waals surface area contributed by atoms with Crippen LogP contribution in [0, 0.1) is 5.92 Å². The molecule has 0 radical (unpaired) electrons. The number of likely N-dealkylation sites (tertiary alicyclic amines) is 1. The molecule has 1 aromatic rings. The SMILES string of the molecule is CC(C)CCC(C)Nc1cccc(CN2CCCC2)c1. The summed E-state index contributed by atoms with van der Waals surface area (Å²) >= 11 is 0. The van der Waals surface area contributed by atoms with Crippen molar-refractivity contribution in [2.24, 2.45) is 5.92 Å². The molecular formula is C18H30N2. The van der Waals surface area contributed by atoms with E-state index in [-0.39, 0.29) is 0 Å². The molecule has 2 rings (SSSR count). The third kappa shape index (κ3) is 5.16. The predicted octanol–water partition coefficient (Wildman–Crippen LogP) is 4.52. The Balaban J connectivity index is 1.85. The number of benzene rings is 1. The standard InChI is InChI=1S/C18H30N2/c1-15(2)9-10-16(3)19-18-8-6-7-17(13-18)14-20-11-4-5-12-20/h6-8,13,15-16,19H,4-5,9-12,14H2,1-3H3. The first kappa shape index (κ1) is 15.4. The number of nitrogens with one attached hydrogen (secondary N) is 1. The number of nitrogens with zero attached hydrogens (tertiary/aromatic N) is 1. The highest BCUT2D eigenvalue weighted by molar-refractivity contribution is 5.46. The molecule has 0 saturated carbocycles. The van der Waals surface area contributed by atoms with E-state index in [1.54, 1.807) is 0 Å². The second-order valence-electron chi connectivity index (χ2n) is 6.70. The molecular weight excluding hydrogens is 244 g/mol. The molecule has 0 aliphatic carbocycles. The second kappa shape index (κ2) is 7.68. The molecule has 1 fully saturated rings. The Hall–Kier alpha value is -1.02. The van der Waals surface area contributed by atoms with Crippen molar-refractivity contribution in [2.75, 3.05) is 18.4 Å². The van der Waals surface area contributed by atoms with Gasteiger partial charge < -0.3 is 5.32 Å². The van der Waals surface area contributed by atoms with Crippen LogP contribution in [0.25, 0.3) is 0 Å². The average Bonchev–Trinajstić information content (AvgIpc) is 2.89. The first-order valence-corrected chi connectivity index (χ1v) is 8.21. The summed E-state index contributed by atoms with van der Waals surface area (Å²) in [7, 11) is 0. The molecule has 1 unspecified atom stereocenters. The molecule has 1 aromatic carbocycles. The lowest BCUT2D eigenvalue weighted by Crippen LogP contribution is -2.19. The number of anilines is 1.